The highest BCUT2D eigenvalue weighted by atomic mass is 16.7. The van der Waals surface area contributed by atoms with Crippen LogP contribution in [0.1, 0.15) is 11.9 Å². The minimum absolute atomic E-state index is 0.266. The van der Waals surface area contributed by atoms with Crippen LogP contribution in [0, 0.1) is 0 Å². The minimum Gasteiger partial charge on any atom is -0.441 e. The quantitative estimate of drug-likeness (QED) is 0.774. The summed E-state index contributed by atoms with van der Waals surface area (Å²) in [6.07, 6.45) is -3.75. The van der Waals surface area contributed by atoms with E-state index < -0.39 is 43.0 Å². The zero-order valence-electron chi connectivity index (χ0n) is 11.0. The Balaban J connectivity index is 1.57. The van der Waals surface area contributed by atoms with E-state index in [4.69, 9.17) is 18.9 Å². The number of aliphatic hydroxyl groups is 1. The number of ether oxygens (including phenoxy) is 4. The molecule has 0 bridgehead atoms. The number of aliphatic hydroxyl groups excluding tert-OH is 1. The molecular weight excluding hydrogens is 278 g/mol. The van der Waals surface area contributed by atoms with Gasteiger partial charge in [-0.2, -0.15) is 0 Å². The van der Waals surface area contributed by atoms with Crippen LogP contribution in [0.3, 0.4) is 0 Å². The maximum Gasteiger partial charge on any atom is 0.408 e. The number of rotatable bonds is 1. The molecule has 1 amide bonds. The van der Waals surface area contributed by atoms with Gasteiger partial charge in [-0.1, -0.05) is 30.3 Å². The second-order valence-corrected chi connectivity index (χ2v) is 5.28. The summed E-state index contributed by atoms with van der Waals surface area (Å²) in [7, 11) is 0. The van der Waals surface area contributed by atoms with Crippen molar-refractivity contribution in [3.63, 3.8) is 0 Å². The second-order valence-electron chi connectivity index (χ2n) is 5.28. The number of hydrogen-bond donors (Lipinski definition) is 2. The van der Waals surface area contributed by atoms with Gasteiger partial charge in [0.15, 0.2) is 18.7 Å². The van der Waals surface area contributed by atoms with Crippen LogP contribution in [0.5, 0.6) is 0 Å². The molecule has 0 aromatic heterocycles. The van der Waals surface area contributed by atoms with Crippen molar-refractivity contribution in [2.75, 3.05) is 6.61 Å². The van der Waals surface area contributed by atoms with Gasteiger partial charge in [0.1, 0.15) is 18.2 Å². The molecule has 7 heteroatoms. The third-order valence-corrected chi connectivity index (χ3v) is 3.96. The van der Waals surface area contributed by atoms with Crippen LogP contribution in [-0.2, 0) is 18.9 Å². The molecule has 3 fully saturated rings. The van der Waals surface area contributed by atoms with E-state index in [0.717, 1.165) is 5.56 Å². The average molecular weight is 293 g/mol. The number of carbonyl (C=O) groups is 1. The molecule has 112 valence electrons. The Hall–Kier alpha value is -1.67. The first-order valence-electron chi connectivity index (χ1n) is 6.85. The molecule has 3 aliphatic heterocycles. The van der Waals surface area contributed by atoms with Crippen LogP contribution in [0.4, 0.5) is 4.79 Å². The summed E-state index contributed by atoms with van der Waals surface area (Å²) in [5, 5.41) is 12.4. The SMILES string of the molecule is O=C1N[C@H]2[C@@H](O1)[C@@H]1O[C@H](c3ccccc3)OC[C@H]1O[C@@H]2O. The molecule has 6 atom stereocenters. The van der Waals surface area contributed by atoms with Gasteiger partial charge in [0.2, 0.25) is 0 Å². The molecule has 0 saturated carbocycles. The number of fused-ring (bicyclic) bond motifs is 3. The smallest absolute Gasteiger partial charge is 0.408 e. The average Bonchev–Trinajstić information content (AvgIpc) is 2.91. The summed E-state index contributed by atoms with van der Waals surface area (Å²) >= 11 is 0. The Morgan fingerprint density at radius 2 is 1.95 bits per heavy atom. The zero-order valence-corrected chi connectivity index (χ0v) is 11.0. The van der Waals surface area contributed by atoms with E-state index in [1.165, 1.54) is 0 Å². The molecule has 3 saturated heterocycles. The maximum absolute atomic E-state index is 11.4. The van der Waals surface area contributed by atoms with E-state index in [0.29, 0.717) is 0 Å². The van der Waals surface area contributed by atoms with Crippen molar-refractivity contribution in [1.82, 2.24) is 5.32 Å². The van der Waals surface area contributed by atoms with E-state index in [2.05, 4.69) is 5.32 Å². The Morgan fingerprint density at radius 1 is 1.14 bits per heavy atom. The van der Waals surface area contributed by atoms with Gasteiger partial charge in [-0.25, -0.2) is 4.79 Å². The molecule has 0 aliphatic carbocycles. The fourth-order valence-corrected chi connectivity index (χ4v) is 2.96. The molecule has 21 heavy (non-hydrogen) atoms. The van der Waals surface area contributed by atoms with Gasteiger partial charge in [-0.3, -0.25) is 0 Å². The van der Waals surface area contributed by atoms with Crippen LogP contribution in [-0.4, -0.2) is 48.5 Å². The highest BCUT2D eigenvalue weighted by molar-refractivity contribution is 5.70. The first kappa shape index (κ1) is 13.0. The first-order valence-corrected chi connectivity index (χ1v) is 6.85. The molecule has 1 aromatic rings. The molecular formula is C14H15NO6. The summed E-state index contributed by atoms with van der Waals surface area (Å²) in [4.78, 5) is 11.4. The van der Waals surface area contributed by atoms with Crippen molar-refractivity contribution in [3.05, 3.63) is 35.9 Å². The van der Waals surface area contributed by atoms with Gasteiger partial charge < -0.3 is 29.4 Å². The van der Waals surface area contributed by atoms with Gasteiger partial charge in [-0.05, 0) is 0 Å². The molecule has 0 spiro atoms. The van der Waals surface area contributed by atoms with Gasteiger partial charge >= 0.3 is 6.09 Å². The fraction of sp³-hybridized carbons (Fsp3) is 0.500. The van der Waals surface area contributed by atoms with Gasteiger partial charge in [0.25, 0.3) is 0 Å². The largest absolute Gasteiger partial charge is 0.441 e. The molecule has 3 heterocycles. The molecule has 2 N–H and O–H groups in total. The zero-order chi connectivity index (χ0) is 14.4. The minimum atomic E-state index is -1.12. The summed E-state index contributed by atoms with van der Waals surface area (Å²) in [6.45, 7) is 0.266. The molecule has 1 aromatic carbocycles. The predicted octanol–water partition coefficient (Wildman–Crippen LogP) is 0.295. The number of hydrogen-bond acceptors (Lipinski definition) is 6. The molecule has 4 rings (SSSR count). The van der Waals surface area contributed by atoms with Gasteiger partial charge in [0, 0.05) is 5.56 Å². The number of nitrogens with one attached hydrogen (secondary N) is 1. The highest BCUT2D eigenvalue weighted by Crippen LogP contribution is 2.36. The normalized spacial score (nSPS) is 41.7. The standard InChI is InChI=1S/C14H15NO6/c16-12-9-11(21-14(17)15-9)10-8(19-12)6-18-13(20-10)7-4-2-1-3-5-7/h1-5,8-13,16H,6H2,(H,15,17)/t8-,9+,10-,11-,12+,13-/m1/s1. The topological polar surface area (TPSA) is 86.3 Å². The van der Waals surface area contributed by atoms with Crippen molar-refractivity contribution in [1.29, 1.82) is 0 Å². The number of carbonyl (C=O) groups excluding carboxylic acids is 1. The number of benzene rings is 1. The van der Waals surface area contributed by atoms with Crippen LogP contribution < -0.4 is 5.32 Å². The maximum atomic E-state index is 11.4. The summed E-state index contributed by atoms with van der Waals surface area (Å²) < 4.78 is 22.2. The molecule has 7 nitrogen and oxygen atoms in total. The summed E-state index contributed by atoms with van der Waals surface area (Å²) in [5.74, 6) is 0. The predicted molar refractivity (Wildman–Crippen MR) is 68.1 cm³/mol. The van der Waals surface area contributed by atoms with Crippen LogP contribution in [0.2, 0.25) is 0 Å². The summed E-state index contributed by atoms with van der Waals surface area (Å²) in [5.41, 5.74) is 0.885. The van der Waals surface area contributed by atoms with E-state index in [1.807, 2.05) is 30.3 Å². The van der Waals surface area contributed by atoms with E-state index >= 15 is 0 Å². The molecule has 3 aliphatic rings. The van der Waals surface area contributed by atoms with Gasteiger partial charge in [-0.15, -0.1) is 0 Å². The van der Waals surface area contributed by atoms with Crippen molar-refractivity contribution in [3.8, 4) is 0 Å². The van der Waals surface area contributed by atoms with Crippen LogP contribution in [0.15, 0.2) is 30.3 Å². The molecule has 0 radical (unpaired) electrons. The van der Waals surface area contributed by atoms with Crippen molar-refractivity contribution >= 4 is 6.09 Å². The lowest BCUT2D eigenvalue weighted by Gasteiger charge is -2.44. The van der Waals surface area contributed by atoms with E-state index in [9.17, 15) is 9.90 Å². The first-order chi connectivity index (χ1) is 10.2. The van der Waals surface area contributed by atoms with Crippen LogP contribution >= 0.6 is 0 Å². The number of amides is 1. The van der Waals surface area contributed by atoms with Crippen LogP contribution in [0.25, 0.3) is 0 Å². The summed E-state index contributed by atoms with van der Waals surface area (Å²) in [6, 6.07) is 8.89. The lowest BCUT2D eigenvalue weighted by molar-refractivity contribution is -0.330. The van der Waals surface area contributed by atoms with Crippen molar-refractivity contribution in [2.45, 2.75) is 36.9 Å². The lowest BCUT2D eigenvalue weighted by atomic mass is 9.96. The van der Waals surface area contributed by atoms with Crippen molar-refractivity contribution in [2.24, 2.45) is 0 Å². The van der Waals surface area contributed by atoms with E-state index in [1.54, 1.807) is 0 Å². The Morgan fingerprint density at radius 3 is 2.76 bits per heavy atom. The Labute approximate surface area is 120 Å². The number of alkyl carbamates (subject to hydrolysis) is 1. The fourth-order valence-electron chi connectivity index (χ4n) is 2.96. The second kappa shape index (κ2) is 4.96. The van der Waals surface area contributed by atoms with Crippen molar-refractivity contribution < 1.29 is 28.8 Å². The lowest BCUT2D eigenvalue weighted by Crippen LogP contribution is -2.62. The van der Waals surface area contributed by atoms with E-state index in [-0.39, 0.29) is 6.61 Å². The Kier molecular flexibility index (Phi) is 3.07. The Bertz CT molecular complexity index is 538. The van der Waals surface area contributed by atoms with Gasteiger partial charge in [0.05, 0.1) is 6.61 Å². The third-order valence-electron chi connectivity index (χ3n) is 3.96. The monoisotopic (exact) mass is 293 g/mol. The molecule has 0 unspecified atom stereocenters. The highest BCUT2D eigenvalue weighted by Gasteiger charge is 2.55. The third kappa shape index (κ3) is 2.18.